The van der Waals surface area contributed by atoms with Crippen molar-refractivity contribution in [2.24, 2.45) is 0 Å². The molecule has 0 aliphatic heterocycles. The average Bonchev–Trinajstić information content (AvgIpc) is 2.32. The number of halogens is 4. The van der Waals surface area contributed by atoms with Gasteiger partial charge in [0, 0.05) is 12.5 Å². The van der Waals surface area contributed by atoms with Gasteiger partial charge in [0.1, 0.15) is 0 Å². The summed E-state index contributed by atoms with van der Waals surface area (Å²) in [6.07, 6.45) is 0. The predicted molar refractivity (Wildman–Crippen MR) is 72.7 cm³/mol. The smallest absolute Gasteiger partial charge is 0.366 e. The van der Waals surface area contributed by atoms with Gasteiger partial charge in [-0.2, -0.15) is 21.6 Å². The van der Waals surface area contributed by atoms with Crippen LogP contribution in [0.1, 0.15) is 12.5 Å². The van der Waals surface area contributed by atoms with Crippen molar-refractivity contribution in [3.05, 3.63) is 26.8 Å². The van der Waals surface area contributed by atoms with Gasteiger partial charge < -0.3 is 9.50 Å². The molecular weight excluding hydrogens is 369 g/mol. The van der Waals surface area contributed by atoms with E-state index in [1.165, 1.54) is 0 Å². The van der Waals surface area contributed by atoms with Gasteiger partial charge >= 0.3 is 21.3 Å². The molecular formula is C10H8ClF3N2O6S. The van der Waals surface area contributed by atoms with Crippen LogP contribution in [0.5, 0.6) is 5.75 Å². The van der Waals surface area contributed by atoms with Gasteiger partial charge in [0.15, 0.2) is 0 Å². The summed E-state index contributed by atoms with van der Waals surface area (Å²) in [6.45, 7) is 2.02. The van der Waals surface area contributed by atoms with Gasteiger partial charge in [-0.15, -0.1) is 0 Å². The summed E-state index contributed by atoms with van der Waals surface area (Å²) in [7, 11) is -6.19. The summed E-state index contributed by atoms with van der Waals surface area (Å²) in [5.41, 5.74) is -7.96. The van der Waals surface area contributed by atoms with E-state index in [4.69, 9.17) is 11.6 Å². The number of nitrogens with zero attached hydrogens (tertiary/aromatic N) is 1. The Morgan fingerprint density at radius 1 is 1.43 bits per heavy atom. The summed E-state index contributed by atoms with van der Waals surface area (Å²) in [5, 5.41) is 12.7. The molecule has 0 fully saturated rings. The first-order chi connectivity index (χ1) is 10.3. The summed E-state index contributed by atoms with van der Waals surface area (Å²) in [5.74, 6) is -2.13. The number of anilines is 1. The third-order valence-corrected chi connectivity index (χ3v) is 3.76. The molecule has 1 N–H and O–H groups in total. The molecule has 1 rings (SSSR count). The zero-order chi connectivity index (χ0) is 18.2. The van der Waals surface area contributed by atoms with Crippen LogP contribution in [0.3, 0.4) is 0 Å². The number of nitro groups is 1. The average molecular weight is 377 g/mol. The number of carbonyl (C=O) groups excluding carboxylic acids is 1. The molecule has 0 aliphatic carbocycles. The number of rotatable bonds is 4. The molecule has 128 valence electrons. The van der Waals surface area contributed by atoms with Crippen molar-refractivity contribution >= 4 is 39.0 Å². The fraction of sp³-hybridized carbons (Fsp3) is 0.300. The Morgan fingerprint density at radius 3 is 2.35 bits per heavy atom. The van der Waals surface area contributed by atoms with Crippen molar-refractivity contribution in [2.45, 2.75) is 19.4 Å². The minimum Gasteiger partial charge on any atom is -0.366 e. The summed E-state index contributed by atoms with van der Waals surface area (Å²) < 4.78 is 63.4. The number of hydrogen-bond acceptors (Lipinski definition) is 6. The van der Waals surface area contributed by atoms with E-state index in [-0.39, 0.29) is 10.6 Å². The largest absolute Gasteiger partial charge is 0.534 e. The van der Waals surface area contributed by atoms with Crippen molar-refractivity contribution in [2.75, 3.05) is 5.32 Å². The van der Waals surface area contributed by atoms with E-state index in [2.05, 4.69) is 4.18 Å². The molecule has 0 spiro atoms. The SMILES string of the molecule is CC(=O)Nc1cc(Cl)c(C)c([N+](=O)[O-])c1OS(=O)(=O)C(F)(F)F. The lowest BCUT2D eigenvalue weighted by Crippen LogP contribution is -2.28. The molecule has 1 aromatic rings. The van der Waals surface area contributed by atoms with Gasteiger partial charge in [0.2, 0.25) is 11.7 Å². The molecule has 13 heteroatoms. The second-order valence-electron chi connectivity index (χ2n) is 4.13. The van der Waals surface area contributed by atoms with Crippen LogP contribution in [0.15, 0.2) is 6.07 Å². The second-order valence-corrected chi connectivity index (χ2v) is 6.08. The lowest BCUT2D eigenvalue weighted by atomic mass is 10.1. The number of benzene rings is 1. The van der Waals surface area contributed by atoms with Crippen molar-refractivity contribution < 1.29 is 35.5 Å². The van der Waals surface area contributed by atoms with Crippen LogP contribution in [0, 0.1) is 17.0 Å². The highest BCUT2D eigenvalue weighted by atomic mass is 35.5. The maximum Gasteiger partial charge on any atom is 0.534 e. The van der Waals surface area contributed by atoms with Crippen LogP contribution >= 0.6 is 11.6 Å². The summed E-state index contributed by atoms with van der Waals surface area (Å²) >= 11 is 5.70. The zero-order valence-electron chi connectivity index (χ0n) is 11.4. The van der Waals surface area contributed by atoms with Gasteiger partial charge in [-0.3, -0.25) is 14.9 Å². The molecule has 0 atom stereocenters. The normalized spacial score (nSPS) is 11.9. The molecule has 0 bridgehead atoms. The van der Waals surface area contributed by atoms with E-state index >= 15 is 0 Å². The molecule has 8 nitrogen and oxygen atoms in total. The predicted octanol–water partition coefficient (Wildman–Crippen LogP) is 2.74. The third kappa shape index (κ3) is 4.01. The zero-order valence-corrected chi connectivity index (χ0v) is 13.0. The Morgan fingerprint density at radius 2 is 1.96 bits per heavy atom. The van der Waals surface area contributed by atoms with Crippen molar-refractivity contribution in [1.29, 1.82) is 0 Å². The Hall–Kier alpha value is -2.08. The molecule has 1 aromatic carbocycles. The van der Waals surface area contributed by atoms with Crippen molar-refractivity contribution in [1.82, 2.24) is 0 Å². The number of amides is 1. The first kappa shape index (κ1) is 19.0. The van der Waals surface area contributed by atoms with Crippen LogP contribution in [0.2, 0.25) is 5.02 Å². The Labute approximate surface area is 132 Å². The maximum atomic E-state index is 12.4. The van der Waals surface area contributed by atoms with E-state index in [1.807, 2.05) is 5.32 Å². The van der Waals surface area contributed by atoms with E-state index < -0.39 is 43.6 Å². The number of alkyl halides is 3. The van der Waals surface area contributed by atoms with Gasteiger partial charge in [0.05, 0.1) is 15.6 Å². The van der Waals surface area contributed by atoms with E-state index in [1.54, 1.807) is 0 Å². The molecule has 0 heterocycles. The van der Waals surface area contributed by atoms with Crippen LogP contribution in [-0.4, -0.2) is 24.8 Å². The van der Waals surface area contributed by atoms with Gasteiger partial charge in [0.25, 0.3) is 0 Å². The maximum absolute atomic E-state index is 12.4. The summed E-state index contributed by atoms with van der Waals surface area (Å²) in [6, 6.07) is 0.840. The molecule has 0 aliphatic rings. The molecule has 23 heavy (non-hydrogen) atoms. The number of carbonyl (C=O) groups is 1. The first-order valence-electron chi connectivity index (χ1n) is 5.53. The highest BCUT2D eigenvalue weighted by molar-refractivity contribution is 7.88. The molecule has 1 amide bonds. The molecule has 0 saturated carbocycles. The van der Waals surface area contributed by atoms with Crippen LogP contribution in [0.25, 0.3) is 0 Å². The van der Waals surface area contributed by atoms with E-state index in [0.29, 0.717) is 0 Å². The first-order valence-corrected chi connectivity index (χ1v) is 7.32. The van der Waals surface area contributed by atoms with Crippen LogP contribution in [0.4, 0.5) is 24.5 Å². The summed E-state index contributed by atoms with van der Waals surface area (Å²) in [4.78, 5) is 20.9. The molecule has 0 aromatic heterocycles. The highest BCUT2D eigenvalue weighted by Crippen LogP contribution is 2.44. The van der Waals surface area contributed by atoms with Gasteiger partial charge in [-0.1, -0.05) is 11.6 Å². The van der Waals surface area contributed by atoms with Gasteiger partial charge in [-0.25, -0.2) is 0 Å². The molecule has 0 saturated heterocycles. The number of nitrogens with one attached hydrogen (secondary N) is 1. The quantitative estimate of drug-likeness (QED) is 0.374. The minimum absolute atomic E-state index is 0.280. The Kier molecular flexibility index (Phi) is 5.11. The van der Waals surface area contributed by atoms with E-state index in [9.17, 15) is 36.5 Å². The van der Waals surface area contributed by atoms with E-state index in [0.717, 1.165) is 19.9 Å². The number of hydrogen-bond donors (Lipinski definition) is 1. The molecule has 0 unspecified atom stereocenters. The lowest BCUT2D eigenvalue weighted by molar-refractivity contribution is -0.386. The fourth-order valence-electron chi connectivity index (χ4n) is 1.46. The minimum atomic E-state index is -6.19. The Balaban J connectivity index is 3.69. The third-order valence-electron chi connectivity index (χ3n) is 2.41. The Bertz CT molecular complexity index is 778. The highest BCUT2D eigenvalue weighted by Gasteiger charge is 2.50. The van der Waals surface area contributed by atoms with Crippen molar-refractivity contribution in [3.8, 4) is 5.75 Å². The van der Waals surface area contributed by atoms with Gasteiger partial charge in [-0.05, 0) is 13.0 Å². The monoisotopic (exact) mass is 376 g/mol. The fourth-order valence-corrected chi connectivity index (χ4v) is 2.14. The topological polar surface area (TPSA) is 116 Å². The lowest BCUT2D eigenvalue weighted by Gasteiger charge is -2.15. The number of nitro benzene ring substituents is 1. The standard InChI is InChI=1S/C10H8ClF3N2O6S/c1-4-6(11)3-7(15-5(2)17)9(8(4)16(18)19)22-23(20,21)10(12,13)14/h3H,1-2H3,(H,15,17). The van der Waals surface area contributed by atoms with Crippen molar-refractivity contribution in [3.63, 3.8) is 0 Å². The molecule has 0 radical (unpaired) electrons. The van der Waals surface area contributed by atoms with Crippen LogP contribution in [-0.2, 0) is 14.9 Å². The second kappa shape index (κ2) is 6.20. The van der Waals surface area contributed by atoms with Crippen LogP contribution < -0.4 is 9.50 Å².